The molecule has 0 spiro atoms. The molecule has 0 fully saturated rings. The summed E-state index contributed by atoms with van der Waals surface area (Å²) in [6, 6.07) is 14.0. The van der Waals surface area contributed by atoms with Gasteiger partial charge < -0.3 is 15.0 Å². The Morgan fingerprint density at radius 2 is 1.92 bits per heavy atom. The van der Waals surface area contributed by atoms with Crippen LogP contribution in [0.2, 0.25) is 0 Å². The normalized spacial score (nSPS) is 11.0. The Balaban J connectivity index is 1.77. The van der Waals surface area contributed by atoms with E-state index in [1.807, 2.05) is 43.3 Å². The summed E-state index contributed by atoms with van der Waals surface area (Å²) in [5, 5.41) is 4.43. The van der Waals surface area contributed by atoms with E-state index in [0.717, 1.165) is 33.3 Å². The van der Waals surface area contributed by atoms with E-state index < -0.39 is 0 Å². The number of fused-ring (bicyclic) bond motifs is 1. The number of aryl methyl sites for hydroxylation is 2. The lowest BCUT2D eigenvalue weighted by Crippen LogP contribution is -2.21. The van der Waals surface area contributed by atoms with Crippen LogP contribution in [0.3, 0.4) is 0 Å². The number of rotatable bonds is 5. The molecule has 3 aromatic rings. The maximum atomic E-state index is 12.3. The molecule has 2 N–H and O–H groups in total. The number of aromatic nitrogens is 1. The van der Waals surface area contributed by atoms with E-state index >= 15 is 0 Å². The highest BCUT2D eigenvalue weighted by atomic mass is 16.5. The van der Waals surface area contributed by atoms with Crippen LogP contribution in [0.1, 0.15) is 22.3 Å². The highest BCUT2D eigenvalue weighted by Gasteiger charge is 2.06. The van der Waals surface area contributed by atoms with Gasteiger partial charge in [0, 0.05) is 29.6 Å². The summed E-state index contributed by atoms with van der Waals surface area (Å²) in [4.78, 5) is 15.3. The van der Waals surface area contributed by atoms with Gasteiger partial charge in [-0.15, -0.1) is 0 Å². The van der Waals surface area contributed by atoms with Gasteiger partial charge in [-0.2, -0.15) is 0 Å². The minimum absolute atomic E-state index is 0.0364. The van der Waals surface area contributed by atoms with Gasteiger partial charge in [0.1, 0.15) is 5.75 Å². The fourth-order valence-corrected chi connectivity index (χ4v) is 2.97. The zero-order valence-corrected chi connectivity index (χ0v) is 14.3. The first kappa shape index (κ1) is 16.3. The van der Waals surface area contributed by atoms with Crippen LogP contribution < -0.4 is 15.6 Å². The second-order valence-electron chi connectivity index (χ2n) is 6.12. The molecule has 24 heavy (non-hydrogen) atoms. The minimum atomic E-state index is -0.0364. The van der Waals surface area contributed by atoms with Gasteiger partial charge in [0.25, 0.3) is 5.56 Å². The molecule has 2 aromatic carbocycles. The van der Waals surface area contributed by atoms with E-state index in [9.17, 15) is 4.79 Å². The number of hydrogen-bond donors (Lipinski definition) is 2. The van der Waals surface area contributed by atoms with Crippen molar-refractivity contribution in [2.24, 2.45) is 0 Å². The minimum Gasteiger partial charge on any atom is -0.497 e. The molecule has 0 aliphatic heterocycles. The molecule has 0 unspecified atom stereocenters. The predicted octanol–water partition coefficient (Wildman–Crippen LogP) is 3.44. The monoisotopic (exact) mass is 322 g/mol. The second-order valence-corrected chi connectivity index (χ2v) is 6.12. The molecule has 0 bridgehead atoms. The first-order valence-corrected chi connectivity index (χ1v) is 8.03. The van der Waals surface area contributed by atoms with Gasteiger partial charge in [-0.1, -0.05) is 18.2 Å². The van der Waals surface area contributed by atoms with Crippen molar-refractivity contribution in [3.05, 3.63) is 75.1 Å². The van der Waals surface area contributed by atoms with Crippen LogP contribution in [0, 0.1) is 13.8 Å². The van der Waals surface area contributed by atoms with Crippen molar-refractivity contribution in [3.8, 4) is 5.75 Å². The molecular weight excluding hydrogens is 300 g/mol. The molecule has 4 heteroatoms. The number of pyridine rings is 1. The summed E-state index contributed by atoms with van der Waals surface area (Å²) in [5.41, 5.74) is 5.06. The van der Waals surface area contributed by atoms with Crippen LogP contribution in [0.25, 0.3) is 10.9 Å². The molecule has 0 amide bonds. The molecule has 1 aromatic heterocycles. The van der Waals surface area contributed by atoms with Crippen LogP contribution in [0.15, 0.2) is 47.3 Å². The van der Waals surface area contributed by atoms with E-state index in [2.05, 4.69) is 23.3 Å². The SMILES string of the molecule is COc1cccc(CNCc2cc3c(C)cc(C)cc3[nH]c2=O)c1. The Morgan fingerprint density at radius 3 is 2.71 bits per heavy atom. The lowest BCUT2D eigenvalue weighted by atomic mass is 10.0. The zero-order valence-electron chi connectivity index (χ0n) is 14.3. The van der Waals surface area contributed by atoms with Gasteiger partial charge in [0.05, 0.1) is 7.11 Å². The fourth-order valence-electron chi connectivity index (χ4n) is 2.97. The van der Waals surface area contributed by atoms with Gasteiger partial charge >= 0.3 is 0 Å². The quantitative estimate of drug-likeness (QED) is 0.756. The second kappa shape index (κ2) is 6.89. The van der Waals surface area contributed by atoms with Crippen molar-refractivity contribution in [3.63, 3.8) is 0 Å². The first-order valence-electron chi connectivity index (χ1n) is 8.03. The van der Waals surface area contributed by atoms with Gasteiger partial charge in [0.2, 0.25) is 0 Å². The maximum Gasteiger partial charge on any atom is 0.252 e. The Kier molecular flexibility index (Phi) is 4.67. The molecule has 1 heterocycles. The summed E-state index contributed by atoms with van der Waals surface area (Å²) in [6.45, 7) is 5.31. The molecule has 3 rings (SSSR count). The first-order chi connectivity index (χ1) is 11.6. The Labute approximate surface area is 141 Å². The topological polar surface area (TPSA) is 54.1 Å². The average Bonchev–Trinajstić information content (AvgIpc) is 2.56. The van der Waals surface area contributed by atoms with Crippen molar-refractivity contribution in [2.45, 2.75) is 26.9 Å². The fraction of sp³-hybridized carbons (Fsp3) is 0.250. The van der Waals surface area contributed by atoms with Gasteiger partial charge in [-0.05, 0) is 54.8 Å². The summed E-state index contributed by atoms with van der Waals surface area (Å²) in [7, 11) is 1.66. The third kappa shape index (κ3) is 3.49. The molecule has 0 saturated carbocycles. The molecule has 124 valence electrons. The highest BCUT2D eigenvalue weighted by Crippen LogP contribution is 2.18. The van der Waals surface area contributed by atoms with Gasteiger partial charge in [-0.3, -0.25) is 4.79 Å². The molecule has 0 aliphatic carbocycles. The van der Waals surface area contributed by atoms with E-state index in [1.165, 1.54) is 5.56 Å². The third-order valence-electron chi connectivity index (χ3n) is 4.17. The number of ether oxygens (including phenoxy) is 1. The number of hydrogen-bond acceptors (Lipinski definition) is 3. The van der Waals surface area contributed by atoms with Crippen LogP contribution in [-0.2, 0) is 13.1 Å². The van der Waals surface area contributed by atoms with Crippen molar-refractivity contribution < 1.29 is 4.74 Å². The molecular formula is C20H22N2O2. The van der Waals surface area contributed by atoms with E-state index in [-0.39, 0.29) is 5.56 Å². The molecule has 0 atom stereocenters. The van der Waals surface area contributed by atoms with Crippen LogP contribution in [0.5, 0.6) is 5.75 Å². The Bertz CT molecular complexity index is 929. The maximum absolute atomic E-state index is 12.3. The van der Waals surface area contributed by atoms with E-state index in [1.54, 1.807) is 7.11 Å². The van der Waals surface area contributed by atoms with E-state index in [4.69, 9.17) is 4.74 Å². The van der Waals surface area contributed by atoms with Crippen LogP contribution in [-0.4, -0.2) is 12.1 Å². The number of nitrogens with one attached hydrogen (secondary N) is 2. The van der Waals surface area contributed by atoms with Crippen molar-refractivity contribution in [1.82, 2.24) is 10.3 Å². The van der Waals surface area contributed by atoms with Crippen molar-refractivity contribution in [2.75, 3.05) is 7.11 Å². The third-order valence-corrected chi connectivity index (χ3v) is 4.17. The molecule has 0 radical (unpaired) electrons. The summed E-state index contributed by atoms with van der Waals surface area (Å²) >= 11 is 0. The van der Waals surface area contributed by atoms with Gasteiger partial charge in [-0.25, -0.2) is 0 Å². The lowest BCUT2D eigenvalue weighted by Gasteiger charge is -2.09. The molecule has 0 saturated heterocycles. The molecule has 4 nitrogen and oxygen atoms in total. The van der Waals surface area contributed by atoms with Crippen LogP contribution >= 0.6 is 0 Å². The molecule has 0 aliphatic rings. The van der Waals surface area contributed by atoms with Crippen molar-refractivity contribution >= 4 is 10.9 Å². The summed E-state index contributed by atoms with van der Waals surface area (Å²) < 4.78 is 5.23. The summed E-state index contributed by atoms with van der Waals surface area (Å²) in [5.74, 6) is 0.837. The highest BCUT2D eigenvalue weighted by molar-refractivity contribution is 5.83. The number of aromatic amines is 1. The summed E-state index contributed by atoms with van der Waals surface area (Å²) in [6.07, 6.45) is 0. The van der Waals surface area contributed by atoms with Gasteiger partial charge in [0.15, 0.2) is 0 Å². The average molecular weight is 322 g/mol. The number of H-pyrrole nitrogens is 1. The Hall–Kier alpha value is -2.59. The van der Waals surface area contributed by atoms with Crippen molar-refractivity contribution in [1.29, 1.82) is 0 Å². The number of methoxy groups -OCH3 is 1. The largest absolute Gasteiger partial charge is 0.497 e. The predicted molar refractivity (Wildman–Crippen MR) is 97.6 cm³/mol. The zero-order chi connectivity index (χ0) is 17.1. The lowest BCUT2D eigenvalue weighted by molar-refractivity contribution is 0.414. The Morgan fingerprint density at radius 1 is 1.08 bits per heavy atom. The van der Waals surface area contributed by atoms with Crippen LogP contribution in [0.4, 0.5) is 0 Å². The standard InChI is InChI=1S/C20H22N2O2/c1-13-7-14(2)18-10-16(20(23)22-19(18)8-13)12-21-11-15-5-4-6-17(9-15)24-3/h4-10,21H,11-12H2,1-3H3,(H,22,23). The smallest absolute Gasteiger partial charge is 0.252 e. The number of benzene rings is 2. The van der Waals surface area contributed by atoms with E-state index in [0.29, 0.717) is 13.1 Å².